The minimum absolute atomic E-state index is 0.185. The second-order valence-electron chi connectivity index (χ2n) is 9.58. The molecule has 0 spiro atoms. The average Bonchev–Trinajstić information content (AvgIpc) is 3.63. The molecule has 0 bridgehead atoms. The normalized spacial score (nSPS) is 22.7. The van der Waals surface area contributed by atoms with Gasteiger partial charge in [0, 0.05) is 36.3 Å². The van der Waals surface area contributed by atoms with Gasteiger partial charge in [0.2, 0.25) is 0 Å². The molecule has 2 aliphatic rings. The van der Waals surface area contributed by atoms with Crippen molar-refractivity contribution in [2.24, 2.45) is 5.92 Å². The molecule has 2 saturated heterocycles. The van der Waals surface area contributed by atoms with Crippen LogP contribution in [0.1, 0.15) is 43.8 Å². The Labute approximate surface area is 201 Å². The number of rotatable bonds is 3. The Morgan fingerprint density at radius 1 is 1.14 bits per heavy atom. The van der Waals surface area contributed by atoms with Gasteiger partial charge in [0.1, 0.15) is 0 Å². The first-order valence-electron chi connectivity index (χ1n) is 12.0. The monoisotopic (exact) mass is 473 g/mol. The van der Waals surface area contributed by atoms with Crippen molar-refractivity contribution in [2.75, 3.05) is 25.1 Å². The minimum atomic E-state index is -0.681. The lowest BCUT2D eigenvalue weighted by Gasteiger charge is -2.38. The highest BCUT2D eigenvalue weighted by Gasteiger charge is 2.34. The van der Waals surface area contributed by atoms with Crippen LogP contribution in [0, 0.1) is 5.92 Å². The van der Waals surface area contributed by atoms with Gasteiger partial charge in [-0.15, -0.1) is 0 Å². The number of amides is 2. The first-order valence-corrected chi connectivity index (χ1v) is 12.0. The Kier molecular flexibility index (Phi) is 5.44. The Morgan fingerprint density at radius 2 is 2.06 bits per heavy atom. The van der Waals surface area contributed by atoms with Gasteiger partial charge in [-0.25, -0.2) is 0 Å². The molecule has 3 atom stereocenters. The van der Waals surface area contributed by atoms with Gasteiger partial charge in [-0.3, -0.25) is 24.4 Å². The van der Waals surface area contributed by atoms with Gasteiger partial charge in [-0.1, -0.05) is 19.1 Å². The average molecular weight is 474 g/mol. The molecule has 2 fully saturated rings. The molecule has 180 valence electrons. The lowest BCUT2D eigenvalue weighted by atomic mass is 9.89. The standard InChI is InChI=1S/C25H27N7O3/c1-15-2-5-22(16-3-4-17-13-32(30-20(17)8-16)19-6-7-35-14-19)31(12-15)25(34)24(33)28-21-11-26-9-18-10-27-29-23(18)21/h3-4,8-11,13,15,19,22H,2,5-7,12,14H2,1H3,(H,27,29)(H,28,33)/t15-,19?,22+/m0/s1. The van der Waals surface area contributed by atoms with Crippen LogP contribution in [0.5, 0.6) is 0 Å². The summed E-state index contributed by atoms with van der Waals surface area (Å²) < 4.78 is 7.50. The Morgan fingerprint density at radius 3 is 2.91 bits per heavy atom. The van der Waals surface area contributed by atoms with Crippen LogP contribution in [0.15, 0.2) is 43.0 Å². The van der Waals surface area contributed by atoms with Crippen LogP contribution in [0.25, 0.3) is 21.8 Å². The second kappa shape index (κ2) is 8.77. The quantitative estimate of drug-likeness (QED) is 0.441. The highest BCUT2D eigenvalue weighted by Crippen LogP contribution is 2.35. The van der Waals surface area contributed by atoms with E-state index in [-0.39, 0.29) is 12.1 Å². The first kappa shape index (κ1) is 21.7. The number of anilines is 1. The lowest BCUT2D eigenvalue weighted by Crippen LogP contribution is -2.46. The summed E-state index contributed by atoms with van der Waals surface area (Å²) in [5, 5.41) is 16.2. The summed E-state index contributed by atoms with van der Waals surface area (Å²) in [7, 11) is 0. The number of piperidine rings is 1. The van der Waals surface area contributed by atoms with Crippen molar-refractivity contribution in [1.29, 1.82) is 0 Å². The smallest absolute Gasteiger partial charge is 0.314 e. The molecule has 0 aliphatic carbocycles. The summed E-state index contributed by atoms with van der Waals surface area (Å²) in [6, 6.07) is 6.23. The molecule has 10 nitrogen and oxygen atoms in total. The molecular formula is C25H27N7O3. The number of aromatic amines is 1. The van der Waals surface area contributed by atoms with E-state index in [1.807, 2.05) is 10.7 Å². The summed E-state index contributed by atoms with van der Waals surface area (Å²) in [5.74, 6) is -0.919. The number of hydrogen-bond acceptors (Lipinski definition) is 6. The van der Waals surface area contributed by atoms with Gasteiger partial charge < -0.3 is 15.0 Å². The van der Waals surface area contributed by atoms with Gasteiger partial charge >= 0.3 is 11.8 Å². The van der Waals surface area contributed by atoms with Crippen molar-refractivity contribution >= 4 is 39.3 Å². The maximum atomic E-state index is 13.4. The Balaban J connectivity index is 1.26. The number of likely N-dealkylation sites (tertiary alicyclic amines) is 1. The maximum Gasteiger partial charge on any atom is 0.314 e. The lowest BCUT2D eigenvalue weighted by molar-refractivity contribution is -0.146. The van der Waals surface area contributed by atoms with E-state index >= 15 is 0 Å². The number of nitrogens with zero attached hydrogens (tertiary/aromatic N) is 5. The molecule has 3 aromatic heterocycles. The number of H-pyrrole nitrogens is 1. The summed E-state index contributed by atoms with van der Waals surface area (Å²) in [6.07, 6.45) is 9.58. The predicted octanol–water partition coefficient (Wildman–Crippen LogP) is 3.21. The first-order chi connectivity index (χ1) is 17.1. The van der Waals surface area contributed by atoms with Gasteiger partial charge in [0.05, 0.1) is 47.8 Å². The molecular weight excluding hydrogens is 446 g/mol. The molecule has 6 rings (SSSR count). The van der Waals surface area contributed by atoms with Crippen LogP contribution in [-0.4, -0.2) is 61.4 Å². The van der Waals surface area contributed by atoms with Crippen molar-refractivity contribution in [3.63, 3.8) is 0 Å². The molecule has 0 radical (unpaired) electrons. The molecule has 10 heteroatoms. The van der Waals surface area contributed by atoms with E-state index < -0.39 is 11.8 Å². The van der Waals surface area contributed by atoms with E-state index in [4.69, 9.17) is 9.84 Å². The summed E-state index contributed by atoms with van der Waals surface area (Å²) in [4.78, 5) is 32.2. The van der Waals surface area contributed by atoms with Crippen LogP contribution in [0.3, 0.4) is 0 Å². The number of fused-ring (bicyclic) bond motifs is 2. The van der Waals surface area contributed by atoms with Crippen molar-refractivity contribution < 1.29 is 14.3 Å². The van der Waals surface area contributed by atoms with E-state index in [2.05, 4.69) is 45.8 Å². The predicted molar refractivity (Wildman–Crippen MR) is 130 cm³/mol. The van der Waals surface area contributed by atoms with E-state index in [9.17, 15) is 9.59 Å². The topological polar surface area (TPSA) is 118 Å². The fourth-order valence-electron chi connectivity index (χ4n) is 5.17. The summed E-state index contributed by atoms with van der Waals surface area (Å²) in [5.41, 5.74) is 2.96. The van der Waals surface area contributed by atoms with Crippen molar-refractivity contribution in [2.45, 2.75) is 38.3 Å². The number of aromatic nitrogens is 5. The number of benzene rings is 1. The number of hydrogen-bond donors (Lipinski definition) is 2. The number of carbonyl (C=O) groups excluding carboxylic acids is 2. The largest absolute Gasteiger partial charge is 0.379 e. The third kappa shape index (κ3) is 4.03. The number of ether oxygens (including phenoxy) is 1. The molecule has 4 aromatic rings. The van der Waals surface area contributed by atoms with Crippen molar-refractivity contribution in [1.82, 2.24) is 29.9 Å². The molecule has 0 saturated carbocycles. The highest BCUT2D eigenvalue weighted by molar-refractivity contribution is 6.40. The molecule has 1 aromatic carbocycles. The zero-order valence-electron chi connectivity index (χ0n) is 19.5. The van der Waals surface area contributed by atoms with Crippen LogP contribution in [-0.2, 0) is 14.3 Å². The van der Waals surface area contributed by atoms with E-state index in [1.54, 1.807) is 17.3 Å². The SMILES string of the molecule is C[C@H]1CC[C@H](c2ccc3cn(C4CCOC4)nc3c2)N(C(=O)C(=O)Nc2cncc3cn[nH]c23)C1. The maximum absolute atomic E-state index is 13.4. The summed E-state index contributed by atoms with van der Waals surface area (Å²) >= 11 is 0. The fourth-order valence-corrected chi connectivity index (χ4v) is 5.17. The van der Waals surface area contributed by atoms with Crippen LogP contribution >= 0.6 is 0 Å². The number of pyridine rings is 1. The van der Waals surface area contributed by atoms with Crippen LogP contribution in [0.4, 0.5) is 5.69 Å². The molecule has 1 unspecified atom stereocenters. The van der Waals surface area contributed by atoms with Crippen molar-refractivity contribution in [3.8, 4) is 0 Å². The zero-order valence-corrected chi connectivity index (χ0v) is 19.5. The van der Waals surface area contributed by atoms with Gasteiger partial charge in [0.25, 0.3) is 0 Å². The van der Waals surface area contributed by atoms with E-state index in [1.165, 1.54) is 6.20 Å². The third-order valence-corrected chi connectivity index (χ3v) is 7.09. The van der Waals surface area contributed by atoms with Gasteiger partial charge in [-0.2, -0.15) is 10.2 Å². The fraction of sp³-hybridized carbons (Fsp3) is 0.400. The number of carbonyl (C=O) groups is 2. The van der Waals surface area contributed by atoms with E-state index in [0.717, 1.165) is 47.7 Å². The second-order valence-corrected chi connectivity index (χ2v) is 9.58. The molecule has 2 aliphatic heterocycles. The van der Waals surface area contributed by atoms with Gasteiger partial charge in [0.15, 0.2) is 0 Å². The third-order valence-electron chi connectivity index (χ3n) is 7.09. The summed E-state index contributed by atoms with van der Waals surface area (Å²) in [6.45, 7) is 4.07. The van der Waals surface area contributed by atoms with Gasteiger partial charge in [-0.05, 0) is 36.8 Å². The number of nitrogens with one attached hydrogen (secondary N) is 2. The van der Waals surface area contributed by atoms with Crippen LogP contribution in [0.2, 0.25) is 0 Å². The minimum Gasteiger partial charge on any atom is -0.379 e. The van der Waals surface area contributed by atoms with Crippen molar-refractivity contribution in [3.05, 3.63) is 48.5 Å². The molecule has 2 amide bonds. The molecule has 35 heavy (non-hydrogen) atoms. The zero-order chi connectivity index (χ0) is 23.9. The molecule has 5 heterocycles. The molecule has 2 N–H and O–H groups in total. The highest BCUT2D eigenvalue weighted by atomic mass is 16.5. The van der Waals surface area contributed by atoms with E-state index in [0.29, 0.717) is 30.3 Å². The Hall–Kier alpha value is -3.79. The van der Waals surface area contributed by atoms with Crippen LogP contribution < -0.4 is 5.32 Å². The Bertz CT molecular complexity index is 1400.